The standard InChI is InChI=1S/C32H27ClFN3O3/c1-21(38)26-19-36(28-15-14-23(17-25(26)28)13-12-22-7-3-2-4-8-22)20-30(39)37-16-6-11-29(37)32(40)35-18-24-9-5-10-27(33)31(24)34/h2-5,7-10,14-15,17,19,29H,6,11,16,18,20H2,1H3,(H,35,40)/t29-/m0/s1. The van der Waals surface area contributed by atoms with Crippen LogP contribution in [0, 0.1) is 17.7 Å². The van der Waals surface area contributed by atoms with Crippen LogP contribution in [0.1, 0.15) is 46.8 Å². The van der Waals surface area contributed by atoms with Gasteiger partial charge in [0.2, 0.25) is 11.8 Å². The highest BCUT2D eigenvalue weighted by Gasteiger charge is 2.34. The van der Waals surface area contributed by atoms with E-state index in [1.807, 2.05) is 48.5 Å². The smallest absolute Gasteiger partial charge is 0.243 e. The molecule has 5 rings (SSSR count). The number of hydrogen-bond acceptors (Lipinski definition) is 3. The molecule has 0 aliphatic carbocycles. The second-order valence-corrected chi connectivity index (χ2v) is 10.2. The van der Waals surface area contributed by atoms with E-state index in [9.17, 15) is 18.8 Å². The Labute approximate surface area is 236 Å². The number of nitrogens with zero attached hydrogens (tertiary/aromatic N) is 2. The van der Waals surface area contributed by atoms with Crippen molar-refractivity contribution < 1.29 is 18.8 Å². The molecule has 1 aliphatic heterocycles. The summed E-state index contributed by atoms with van der Waals surface area (Å²) in [5, 5.41) is 3.45. The molecule has 202 valence electrons. The predicted molar refractivity (Wildman–Crippen MR) is 152 cm³/mol. The van der Waals surface area contributed by atoms with Crippen LogP contribution >= 0.6 is 11.6 Å². The summed E-state index contributed by atoms with van der Waals surface area (Å²) < 4.78 is 16.0. The molecular weight excluding hydrogens is 529 g/mol. The highest BCUT2D eigenvalue weighted by Crippen LogP contribution is 2.25. The third kappa shape index (κ3) is 5.78. The summed E-state index contributed by atoms with van der Waals surface area (Å²) in [5.41, 5.74) is 3.17. The lowest BCUT2D eigenvalue weighted by molar-refractivity contribution is -0.138. The van der Waals surface area contributed by atoms with Crippen molar-refractivity contribution in [2.75, 3.05) is 6.54 Å². The monoisotopic (exact) mass is 555 g/mol. The molecule has 40 heavy (non-hydrogen) atoms. The Morgan fingerprint density at radius 1 is 1.02 bits per heavy atom. The maximum atomic E-state index is 14.2. The molecule has 1 saturated heterocycles. The van der Waals surface area contributed by atoms with Gasteiger partial charge >= 0.3 is 0 Å². The average molecular weight is 556 g/mol. The maximum absolute atomic E-state index is 14.2. The van der Waals surface area contributed by atoms with Crippen LogP contribution in [0.5, 0.6) is 0 Å². The van der Waals surface area contributed by atoms with Crippen LogP contribution in [0.25, 0.3) is 10.9 Å². The first-order valence-corrected chi connectivity index (χ1v) is 13.4. The molecule has 1 N–H and O–H groups in total. The van der Waals surface area contributed by atoms with Crippen molar-refractivity contribution in [1.29, 1.82) is 0 Å². The normalized spacial score (nSPS) is 14.6. The fraction of sp³-hybridized carbons (Fsp3) is 0.219. The van der Waals surface area contributed by atoms with E-state index < -0.39 is 11.9 Å². The summed E-state index contributed by atoms with van der Waals surface area (Å²) in [7, 11) is 0. The number of amides is 2. The molecule has 0 unspecified atom stereocenters. The van der Waals surface area contributed by atoms with Crippen LogP contribution in [0.15, 0.2) is 72.9 Å². The summed E-state index contributed by atoms with van der Waals surface area (Å²) in [6.45, 7) is 1.89. The first-order valence-electron chi connectivity index (χ1n) is 13.0. The summed E-state index contributed by atoms with van der Waals surface area (Å²) in [6.07, 6.45) is 2.89. The molecule has 4 aromatic rings. The molecule has 6 nitrogen and oxygen atoms in total. The number of carbonyl (C=O) groups is 3. The molecule has 0 radical (unpaired) electrons. The first-order chi connectivity index (χ1) is 19.3. The van der Waals surface area contributed by atoms with Crippen molar-refractivity contribution in [3.8, 4) is 11.8 Å². The highest BCUT2D eigenvalue weighted by molar-refractivity contribution is 6.30. The summed E-state index contributed by atoms with van der Waals surface area (Å²) in [5.74, 6) is 5.01. The molecule has 1 fully saturated rings. The number of fused-ring (bicyclic) bond motifs is 1. The highest BCUT2D eigenvalue weighted by atomic mass is 35.5. The number of Topliss-reactive ketones (excluding diaryl/α,β-unsaturated/α-hetero) is 1. The Morgan fingerprint density at radius 3 is 2.58 bits per heavy atom. The van der Waals surface area contributed by atoms with Crippen molar-refractivity contribution in [2.24, 2.45) is 0 Å². The zero-order valence-corrected chi connectivity index (χ0v) is 22.7. The number of nitrogens with one attached hydrogen (secondary N) is 1. The van der Waals surface area contributed by atoms with Crippen LogP contribution in [-0.2, 0) is 22.7 Å². The molecule has 1 aromatic heterocycles. The van der Waals surface area contributed by atoms with Crippen molar-refractivity contribution in [2.45, 2.75) is 38.9 Å². The second kappa shape index (κ2) is 11.8. The van der Waals surface area contributed by atoms with Gasteiger partial charge in [-0.15, -0.1) is 0 Å². The number of ketones is 1. The van der Waals surface area contributed by atoms with Crippen LogP contribution in [0.3, 0.4) is 0 Å². The quantitative estimate of drug-likeness (QED) is 0.258. The SMILES string of the molecule is CC(=O)c1cn(CC(=O)N2CCC[C@H]2C(=O)NCc2cccc(Cl)c2F)c2ccc(C#Cc3ccccc3)cc12. The lowest BCUT2D eigenvalue weighted by atomic mass is 10.1. The second-order valence-electron chi connectivity index (χ2n) is 9.75. The van der Waals surface area contributed by atoms with Gasteiger partial charge in [0.1, 0.15) is 18.4 Å². The van der Waals surface area contributed by atoms with E-state index in [0.29, 0.717) is 24.9 Å². The number of rotatable bonds is 6. The van der Waals surface area contributed by atoms with Gasteiger partial charge in [0.05, 0.1) is 5.02 Å². The van der Waals surface area contributed by atoms with Gasteiger partial charge in [-0.3, -0.25) is 14.4 Å². The molecule has 0 saturated carbocycles. The van der Waals surface area contributed by atoms with Crippen molar-refractivity contribution >= 4 is 40.1 Å². The average Bonchev–Trinajstić information content (AvgIpc) is 3.59. The third-order valence-electron chi connectivity index (χ3n) is 7.05. The number of aromatic nitrogens is 1. The minimum atomic E-state index is -0.649. The van der Waals surface area contributed by atoms with E-state index in [2.05, 4.69) is 17.2 Å². The van der Waals surface area contributed by atoms with E-state index in [1.165, 1.54) is 13.0 Å². The number of likely N-dealkylation sites (tertiary alicyclic amines) is 1. The lowest BCUT2D eigenvalue weighted by Gasteiger charge is -2.24. The van der Waals surface area contributed by atoms with E-state index in [-0.39, 0.29) is 41.3 Å². The molecular formula is C32H27ClFN3O3. The van der Waals surface area contributed by atoms with Gasteiger partial charge in [0.15, 0.2) is 5.78 Å². The van der Waals surface area contributed by atoms with Crippen LogP contribution in [-0.4, -0.2) is 39.7 Å². The Bertz CT molecular complexity index is 1670. The first kappa shape index (κ1) is 27.2. The molecule has 2 amide bonds. The number of halogens is 2. The number of benzene rings is 3. The summed E-state index contributed by atoms with van der Waals surface area (Å²) >= 11 is 5.84. The number of carbonyl (C=O) groups excluding carboxylic acids is 3. The van der Waals surface area contributed by atoms with Gasteiger partial charge in [-0.05, 0) is 56.2 Å². The Hall–Kier alpha value is -4.41. The third-order valence-corrected chi connectivity index (χ3v) is 7.34. The zero-order chi connectivity index (χ0) is 28.2. The van der Waals surface area contributed by atoms with Gasteiger partial charge in [-0.2, -0.15) is 0 Å². The van der Waals surface area contributed by atoms with E-state index in [0.717, 1.165) is 22.0 Å². The molecule has 0 bridgehead atoms. The van der Waals surface area contributed by atoms with Crippen LogP contribution in [0.2, 0.25) is 5.02 Å². The van der Waals surface area contributed by atoms with Crippen LogP contribution < -0.4 is 5.32 Å². The number of hydrogen-bond donors (Lipinski definition) is 1. The lowest BCUT2D eigenvalue weighted by Crippen LogP contribution is -2.46. The van der Waals surface area contributed by atoms with E-state index >= 15 is 0 Å². The van der Waals surface area contributed by atoms with E-state index in [1.54, 1.807) is 27.8 Å². The van der Waals surface area contributed by atoms with Crippen molar-refractivity contribution in [1.82, 2.24) is 14.8 Å². The molecule has 0 spiro atoms. The van der Waals surface area contributed by atoms with Crippen LogP contribution in [0.4, 0.5) is 4.39 Å². The molecule has 1 atom stereocenters. The fourth-order valence-electron chi connectivity index (χ4n) is 5.01. The van der Waals surface area contributed by atoms with Gasteiger partial charge in [0.25, 0.3) is 0 Å². The molecule has 1 aliphatic rings. The Balaban J connectivity index is 1.33. The van der Waals surface area contributed by atoms with Crippen molar-refractivity contribution in [3.63, 3.8) is 0 Å². The van der Waals surface area contributed by atoms with Gasteiger partial charge in [0, 0.05) is 52.4 Å². The fourth-order valence-corrected chi connectivity index (χ4v) is 5.21. The minimum Gasteiger partial charge on any atom is -0.350 e. The topological polar surface area (TPSA) is 71.4 Å². The Morgan fingerprint density at radius 2 is 1.80 bits per heavy atom. The Kier molecular flexibility index (Phi) is 7.99. The minimum absolute atomic E-state index is 0.0105. The van der Waals surface area contributed by atoms with Crippen molar-refractivity contribution in [3.05, 3.63) is 106 Å². The zero-order valence-electron chi connectivity index (χ0n) is 21.9. The van der Waals surface area contributed by atoms with Gasteiger partial charge in [-0.25, -0.2) is 4.39 Å². The predicted octanol–water partition coefficient (Wildman–Crippen LogP) is 5.34. The molecule has 8 heteroatoms. The maximum Gasteiger partial charge on any atom is 0.243 e. The largest absolute Gasteiger partial charge is 0.350 e. The molecule has 3 aromatic carbocycles. The summed E-state index contributed by atoms with van der Waals surface area (Å²) in [4.78, 5) is 40.4. The van der Waals surface area contributed by atoms with Gasteiger partial charge in [-0.1, -0.05) is 53.8 Å². The van der Waals surface area contributed by atoms with E-state index in [4.69, 9.17) is 11.6 Å². The summed E-state index contributed by atoms with van der Waals surface area (Å²) in [6, 6.07) is 19.2. The van der Waals surface area contributed by atoms with Gasteiger partial charge < -0.3 is 14.8 Å². The molecule has 2 heterocycles.